The topological polar surface area (TPSA) is 58.2 Å². The molecule has 1 aromatic rings. The summed E-state index contributed by atoms with van der Waals surface area (Å²) in [6.07, 6.45) is 3.11. The number of carbonyl (C=O) groups is 2. The quantitative estimate of drug-likeness (QED) is 0.828. The first-order valence-corrected chi connectivity index (χ1v) is 9.03. The molecule has 2 rings (SSSR count). The third kappa shape index (κ3) is 5.06. The van der Waals surface area contributed by atoms with E-state index in [0.717, 1.165) is 41.4 Å². The van der Waals surface area contributed by atoms with Gasteiger partial charge in [0.2, 0.25) is 11.8 Å². The number of nitrogens with one attached hydrogen (secondary N) is 2. The van der Waals surface area contributed by atoms with Crippen LogP contribution in [0.25, 0.3) is 0 Å². The smallest absolute Gasteiger partial charge is 0.227 e. The lowest BCUT2D eigenvalue weighted by atomic mass is 9.81. The van der Waals surface area contributed by atoms with Crippen LogP contribution >= 0.6 is 15.9 Å². The van der Waals surface area contributed by atoms with Crippen LogP contribution in [0, 0.1) is 18.8 Å². The number of amides is 2. The maximum Gasteiger partial charge on any atom is 0.227 e. The Hall–Kier alpha value is -1.36. The number of anilines is 1. The van der Waals surface area contributed by atoms with Crippen LogP contribution in [-0.2, 0) is 9.59 Å². The van der Waals surface area contributed by atoms with Gasteiger partial charge < -0.3 is 10.6 Å². The van der Waals surface area contributed by atoms with Gasteiger partial charge in [0, 0.05) is 22.4 Å². The highest BCUT2D eigenvalue weighted by Crippen LogP contribution is 2.31. The van der Waals surface area contributed by atoms with Crippen LogP contribution in [0.3, 0.4) is 0 Å². The number of hydrogen-bond donors (Lipinski definition) is 2. The second-order valence-electron chi connectivity index (χ2n) is 6.68. The van der Waals surface area contributed by atoms with Crippen molar-refractivity contribution in [3.8, 4) is 0 Å². The second kappa shape index (κ2) is 7.95. The van der Waals surface area contributed by atoms with Crippen molar-refractivity contribution in [2.75, 3.05) is 5.32 Å². The molecule has 0 atom stereocenters. The lowest BCUT2D eigenvalue weighted by Crippen LogP contribution is -2.38. The fraction of sp³-hybridized carbons (Fsp3) is 0.556. The van der Waals surface area contributed by atoms with E-state index < -0.39 is 0 Å². The lowest BCUT2D eigenvalue weighted by molar-refractivity contribution is -0.128. The van der Waals surface area contributed by atoms with Crippen LogP contribution in [0.15, 0.2) is 22.7 Å². The third-order valence-corrected chi connectivity index (χ3v) is 4.94. The molecule has 1 saturated carbocycles. The Bertz CT molecular complexity index is 578. The molecule has 2 amide bonds. The summed E-state index contributed by atoms with van der Waals surface area (Å²) in [4.78, 5) is 24.5. The lowest BCUT2D eigenvalue weighted by Gasteiger charge is -2.27. The Labute approximate surface area is 146 Å². The summed E-state index contributed by atoms with van der Waals surface area (Å²) in [5.74, 6) is 0.219. The molecular formula is C18H25BrN2O2. The Morgan fingerprint density at radius 1 is 1.09 bits per heavy atom. The average molecular weight is 381 g/mol. The number of aryl methyl sites for hydroxylation is 1. The summed E-state index contributed by atoms with van der Waals surface area (Å²) in [7, 11) is 0. The summed E-state index contributed by atoms with van der Waals surface area (Å²) in [6, 6.07) is 6.05. The molecule has 0 heterocycles. The van der Waals surface area contributed by atoms with Crippen molar-refractivity contribution in [1.82, 2.24) is 5.32 Å². The molecule has 0 aliphatic heterocycles. The Balaban J connectivity index is 1.87. The van der Waals surface area contributed by atoms with Crippen molar-refractivity contribution in [3.63, 3.8) is 0 Å². The number of hydrogen-bond acceptors (Lipinski definition) is 2. The first kappa shape index (κ1) is 18.0. The van der Waals surface area contributed by atoms with Gasteiger partial charge in [0.05, 0.1) is 5.69 Å². The van der Waals surface area contributed by atoms with E-state index in [1.165, 1.54) is 0 Å². The largest absolute Gasteiger partial charge is 0.354 e. The summed E-state index contributed by atoms with van der Waals surface area (Å²) >= 11 is 3.48. The van der Waals surface area contributed by atoms with E-state index in [4.69, 9.17) is 0 Å². The molecule has 1 fully saturated rings. The minimum absolute atomic E-state index is 0.00805. The summed E-state index contributed by atoms with van der Waals surface area (Å²) in [5, 5.41) is 5.96. The van der Waals surface area contributed by atoms with E-state index in [1.54, 1.807) is 0 Å². The first-order chi connectivity index (χ1) is 10.9. The van der Waals surface area contributed by atoms with Crippen molar-refractivity contribution >= 4 is 33.4 Å². The van der Waals surface area contributed by atoms with Crippen LogP contribution in [0.5, 0.6) is 0 Å². The summed E-state index contributed by atoms with van der Waals surface area (Å²) in [5.41, 5.74) is 1.95. The van der Waals surface area contributed by atoms with E-state index >= 15 is 0 Å². The zero-order valence-corrected chi connectivity index (χ0v) is 15.6. The fourth-order valence-corrected chi connectivity index (χ4v) is 3.57. The van der Waals surface area contributed by atoms with Crippen molar-refractivity contribution in [2.24, 2.45) is 11.8 Å². The molecule has 1 aromatic carbocycles. The Morgan fingerprint density at radius 3 is 2.17 bits per heavy atom. The second-order valence-corrected chi connectivity index (χ2v) is 7.54. The molecular weight excluding hydrogens is 356 g/mol. The molecule has 0 spiro atoms. The van der Waals surface area contributed by atoms with Gasteiger partial charge in [-0.2, -0.15) is 0 Å². The molecule has 0 bridgehead atoms. The van der Waals surface area contributed by atoms with E-state index in [1.807, 2.05) is 39.0 Å². The van der Waals surface area contributed by atoms with Crippen molar-refractivity contribution < 1.29 is 9.59 Å². The highest BCUT2D eigenvalue weighted by Gasteiger charge is 2.30. The van der Waals surface area contributed by atoms with Gasteiger partial charge in [-0.3, -0.25) is 9.59 Å². The first-order valence-electron chi connectivity index (χ1n) is 8.24. The molecule has 126 valence electrons. The highest BCUT2D eigenvalue weighted by atomic mass is 79.9. The van der Waals surface area contributed by atoms with Gasteiger partial charge in [0.1, 0.15) is 0 Å². The van der Waals surface area contributed by atoms with Crippen LogP contribution in [-0.4, -0.2) is 17.9 Å². The molecule has 0 aromatic heterocycles. The molecule has 2 N–H and O–H groups in total. The van der Waals surface area contributed by atoms with E-state index in [-0.39, 0.29) is 29.7 Å². The Kier molecular flexibility index (Phi) is 6.22. The Morgan fingerprint density at radius 2 is 1.65 bits per heavy atom. The van der Waals surface area contributed by atoms with Crippen molar-refractivity contribution in [2.45, 2.75) is 52.5 Å². The predicted molar refractivity (Wildman–Crippen MR) is 96.2 cm³/mol. The maximum atomic E-state index is 12.4. The standard InChI is InChI=1S/C18H25BrN2O2/c1-11(2)20-17(22)13-5-7-14(8-6-13)18(23)21-16-9-4-12(3)10-15(16)19/h4,9-11,13-14H,5-8H2,1-3H3,(H,20,22)(H,21,23). The molecule has 5 heteroatoms. The summed E-state index contributed by atoms with van der Waals surface area (Å²) in [6.45, 7) is 5.95. The average Bonchev–Trinajstić information content (AvgIpc) is 2.49. The number of benzene rings is 1. The van der Waals surface area contributed by atoms with Gasteiger partial charge >= 0.3 is 0 Å². The predicted octanol–water partition coefficient (Wildman–Crippen LogP) is 4.03. The SMILES string of the molecule is Cc1ccc(NC(=O)C2CCC(C(=O)NC(C)C)CC2)c(Br)c1. The van der Waals surface area contributed by atoms with E-state index in [2.05, 4.69) is 26.6 Å². The zero-order valence-electron chi connectivity index (χ0n) is 14.0. The molecule has 0 radical (unpaired) electrons. The minimum Gasteiger partial charge on any atom is -0.354 e. The van der Waals surface area contributed by atoms with Crippen molar-refractivity contribution in [1.29, 1.82) is 0 Å². The van der Waals surface area contributed by atoms with Crippen LogP contribution in [0.4, 0.5) is 5.69 Å². The number of halogens is 1. The normalized spacial score (nSPS) is 21.1. The van der Waals surface area contributed by atoms with E-state index in [0.29, 0.717) is 0 Å². The van der Waals surface area contributed by atoms with Crippen molar-refractivity contribution in [3.05, 3.63) is 28.2 Å². The number of rotatable bonds is 4. The highest BCUT2D eigenvalue weighted by molar-refractivity contribution is 9.10. The monoisotopic (exact) mass is 380 g/mol. The van der Waals surface area contributed by atoms with Gasteiger partial charge in [0.25, 0.3) is 0 Å². The maximum absolute atomic E-state index is 12.4. The summed E-state index contributed by atoms with van der Waals surface area (Å²) < 4.78 is 0.899. The molecule has 23 heavy (non-hydrogen) atoms. The molecule has 1 aliphatic rings. The van der Waals surface area contributed by atoms with E-state index in [9.17, 15) is 9.59 Å². The van der Waals surface area contributed by atoms with Crippen LogP contribution in [0.2, 0.25) is 0 Å². The van der Waals surface area contributed by atoms with Gasteiger partial charge in [-0.1, -0.05) is 6.07 Å². The van der Waals surface area contributed by atoms with Crippen LogP contribution < -0.4 is 10.6 Å². The van der Waals surface area contributed by atoms with Crippen LogP contribution in [0.1, 0.15) is 45.1 Å². The minimum atomic E-state index is -0.00805. The van der Waals surface area contributed by atoms with Gasteiger partial charge in [-0.05, 0) is 80.1 Å². The third-order valence-electron chi connectivity index (χ3n) is 4.28. The van der Waals surface area contributed by atoms with Gasteiger partial charge in [-0.15, -0.1) is 0 Å². The molecule has 0 saturated heterocycles. The molecule has 0 unspecified atom stereocenters. The fourth-order valence-electron chi connectivity index (χ4n) is 2.98. The van der Waals surface area contributed by atoms with Gasteiger partial charge in [-0.25, -0.2) is 0 Å². The van der Waals surface area contributed by atoms with Gasteiger partial charge in [0.15, 0.2) is 0 Å². The number of carbonyl (C=O) groups excluding carboxylic acids is 2. The molecule has 4 nitrogen and oxygen atoms in total. The molecule has 1 aliphatic carbocycles. The zero-order chi connectivity index (χ0) is 17.0.